The Morgan fingerprint density at radius 3 is 2.59 bits per heavy atom. The number of nitrogens with one attached hydrogen (secondary N) is 1. The summed E-state index contributed by atoms with van der Waals surface area (Å²) in [6, 6.07) is 8.79. The van der Waals surface area contributed by atoms with Crippen LogP contribution in [-0.2, 0) is 15.6 Å². The zero-order chi connectivity index (χ0) is 20.6. The summed E-state index contributed by atoms with van der Waals surface area (Å²) in [5, 5.41) is 3.19. The van der Waals surface area contributed by atoms with E-state index in [-0.39, 0.29) is 28.1 Å². The highest BCUT2D eigenvalue weighted by Gasteiger charge is 2.15. The summed E-state index contributed by atoms with van der Waals surface area (Å²) in [5.41, 5.74) is 1.35. The third-order valence-corrected chi connectivity index (χ3v) is 5.08. The summed E-state index contributed by atoms with van der Waals surface area (Å²) in [6.45, 7) is 0. The molecule has 1 aromatic carbocycles. The van der Waals surface area contributed by atoms with E-state index >= 15 is 0 Å². The molecule has 148 valence electrons. The van der Waals surface area contributed by atoms with Crippen LogP contribution in [0.5, 0.6) is 0 Å². The first-order valence-corrected chi connectivity index (χ1v) is 10.6. The average Bonchev–Trinajstić information content (AvgIpc) is 3.14. The molecule has 1 N–H and O–H groups in total. The zero-order valence-corrected chi connectivity index (χ0v) is 16.0. The van der Waals surface area contributed by atoms with Gasteiger partial charge >= 0.3 is 0 Å². The summed E-state index contributed by atoms with van der Waals surface area (Å²) < 4.78 is 56.7. The third kappa shape index (κ3) is 4.09. The number of furan rings is 1. The Balaban J connectivity index is 1.70. The second kappa shape index (κ2) is 7.25. The lowest BCUT2D eigenvalue weighted by Crippen LogP contribution is -2.03. The molecule has 9 heteroatoms. The Morgan fingerprint density at radius 2 is 1.79 bits per heavy atom. The van der Waals surface area contributed by atoms with Crippen molar-refractivity contribution in [2.24, 2.45) is 0 Å². The lowest BCUT2D eigenvalue weighted by molar-refractivity contribution is 0.601. The van der Waals surface area contributed by atoms with Gasteiger partial charge in [0.1, 0.15) is 28.9 Å². The molecule has 4 aromatic rings. The van der Waals surface area contributed by atoms with E-state index < -0.39 is 21.5 Å². The highest BCUT2D eigenvalue weighted by atomic mass is 32.2. The molecule has 0 radical (unpaired) electrons. The molecular weight excluding hydrogens is 400 g/mol. The van der Waals surface area contributed by atoms with Gasteiger partial charge in [0.25, 0.3) is 0 Å². The maximum absolute atomic E-state index is 14.5. The minimum Gasteiger partial charge on any atom is -0.464 e. The van der Waals surface area contributed by atoms with E-state index in [1.807, 2.05) is 0 Å². The minimum atomic E-state index is -3.20. The van der Waals surface area contributed by atoms with Crippen molar-refractivity contribution in [2.75, 3.05) is 11.6 Å². The van der Waals surface area contributed by atoms with Gasteiger partial charge in [-0.25, -0.2) is 27.2 Å². The number of halogens is 2. The van der Waals surface area contributed by atoms with Crippen LogP contribution in [0.2, 0.25) is 0 Å². The third-order valence-electron chi connectivity index (χ3n) is 4.22. The van der Waals surface area contributed by atoms with Crippen LogP contribution in [0, 0.1) is 11.6 Å². The van der Waals surface area contributed by atoms with E-state index in [0.29, 0.717) is 16.9 Å². The van der Waals surface area contributed by atoms with Crippen molar-refractivity contribution < 1.29 is 21.6 Å². The molecule has 3 aromatic heterocycles. The van der Waals surface area contributed by atoms with E-state index in [1.54, 1.807) is 12.1 Å². The number of sulfone groups is 1. The van der Waals surface area contributed by atoms with Gasteiger partial charge in [0.05, 0.1) is 23.6 Å². The van der Waals surface area contributed by atoms with Crippen molar-refractivity contribution in [1.82, 2.24) is 9.97 Å². The second-order valence-electron chi connectivity index (χ2n) is 6.55. The maximum Gasteiger partial charge on any atom is 0.151 e. The van der Waals surface area contributed by atoms with Gasteiger partial charge in [-0.1, -0.05) is 0 Å². The van der Waals surface area contributed by atoms with Crippen LogP contribution < -0.4 is 5.32 Å². The van der Waals surface area contributed by atoms with E-state index in [2.05, 4.69) is 15.3 Å². The normalized spacial score (nSPS) is 11.7. The van der Waals surface area contributed by atoms with Crippen molar-refractivity contribution in [2.45, 2.75) is 5.75 Å². The van der Waals surface area contributed by atoms with Crippen LogP contribution >= 0.6 is 0 Å². The Hall–Kier alpha value is -3.33. The lowest BCUT2D eigenvalue weighted by atomic mass is 10.0. The highest BCUT2D eigenvalue weighted by Crippen LogP contribution is 2.33. The highest BCUT2D eigenvalue weighted by molar-refractivity contribution is 7.89. The SMILES string of the molecule is CS(=O)(=O)Cc1ccnc(Nc2cc(-c3ccc(F)c4ccoc34)c(F)cn2)c1. The van der Waals surface area contributed by atoms with Crippen molar-refractivity contribution >= 4 is 32.4 Å². The number of benzene rings is 1. The van der Waals surface area contributed by atoms with Crippen LogP contribution in [0.4, 0.5) is 20.4 Å². The molecule has 0 aliphatic carbocycles. The topological polar surface area (TPSA) is 85.1 Å². The van der Waals surface area contributed by atoms with Gasteiger partial charge in [0.15, 0.2) is 9.84 Å². The second-order valence-corrected chi connectivity index (χ2v) is 8.69. The standard InChI is InChI=1S/C20H15F2N3O3S/c1-29(26,27)11-12-4-6-23-18(8-12)25-19-9-15(17(22)10-24-19)13-2-3-16(21)14-5-7-28-20(13)14/h2-10H,11H2,1H3,(H,23,24,25). The molecule has 0 saturated heterocycles. The first-order valence-electron chi connectivity index (χ1n) is 8.51. The molecule has 0 atom stereocenters. The molecule has 0 fully saturated rings. The number of aromatic nitrogens is 2. The summed E-state index contributed by atoms with van der Waals surface area (Å²) in [6.07, 6.45) is 4.99. The summed E-state index contributed by atoms with van der Waals surface area (Å²) >= 11 is 0. The number of fused-ring (bicyclic) bond motifs is 1. The fraction of sp³-hybridized carbons (Fsp3) is 0.100. The fourth-order valence-corrected chi connectivity index (χ4v) is 3.80. The molecule has 6 nitrogen and oxygen atoms in total. The van der Waals surface area contributed by atoms with Gasteiger partial charge in [-0.3, -0.25) is 0 Å². The van der Waals surface area contributed by atoms with Crippen LogP contribution in [0.25, 0.3) is 22.1 Å². The Bertz CT molecular complexity index is 1320. The Kier molecular flexibility index (Phi) is 4.75. The van der Waals surface area contributed by atoms with E-state index in [4.69, 9.17) is 4.42 Å². The predicted molar refractivity (Wildman–Crippen MR) is 105 cm³/mol. The van der Waals surface area contributed by atoms with Gasteiger partial charge in [-0.15, -0.1) is 0 Å². The van der Waals surface area contributed by atoms with Crippen molar-refractivity contribution in [3.63, 3.8) is 0 Å². The summed E-state index contributed by atoms with van der Waals surface area (Å²) in [5.74, 6) is -0.540. The number of hydrogen-bond donors (Lipinski definition) is 1. The zero-order valence-electron chi connectivity index (χ0n) is 15.2. The van der Waals surface area contributed by atoms with Gasteiger partial charge < -0.3 is 9.73 Å². The van der Waals surface area contributed by atoms with Crippen LogP contribution in [0.15, 0.2) is 59.5 Å². The van der Waals surface area contributed by atoms with Crippen molar-refractivity contribution in [3.05, 3.63) is 72.3 Å². The Morgan fingerprint density at radius 1 is 1.00 bits per heavy atom. The molecule has 4 rings (SSSR count). The largest absolute Gasteiger partial charge is 0.464 e. The van der Waals surface area contributed by atoms with Crippen LogP contribution in [-0.4, -0.2) is 24.6 Å². The molecular formula is C20H15F2N3O3S. The van der Waals surface area contributed by atoms with Gasteiger partial charge in [-0.05, 0) is 42.0 Å². The molecule has 0 amide bonds. The molecule has 0 spiro atoms. The van der Waals surface area contributed by atoms with Crippen molar-refractivity contribution in [3.8, 4) is 11.1 Å². The lowest BCUT2D eigenvalue weighted by Gasteiger charge is -2.10. The smallest absolute Gasteiger partial charge is 0.151 e. The number of nitrogens with zero attached hydrogens (tertiary/aromatic N) is 2. The van der Waals surface area contributed by atoms with E-state index in [9.17, 15) is 17.2 Å². The number of pyridine rings is 2. The summed E-state index contributed by atoms with van der Waals surface area (Å²) in [7, 11) is -3.20. The number of hydrogen-bond acceptors (Lipinski definition) is 6. The molecule has 3 heterocycles. The first kappa shape index (κ1) is 19.0. The van der Waals surface area contributed by atoms with E-state index in [1.165, 1.54) is 36.7 Å². The van der Waals surface area contributed by atoms with Gasteiger partial charge in [-0.2, -0.15) is 0 Å². The monoisotopic (exact) mass is 415 g/mol. The van der Waals surface area contributed by atoms with Gasteiger partial charge in [0.2, 0.25) is 0 Å². The van der Waals surface area contributed by atoms with E-state index in [0.717, 1.165) is 12.5 Å². The van der Waals surface area contributed by atoms with Gasteiger partial charge in [0, 0.05) is 23.6 Å². The molecule has 0 aliphatic heterocycles. The maximum atomic E-state index is 14.5. The first-order chi connectivity index (χ1) is 13.8. The molecule has 0 bridgehead atoms. The average molecular weight is 415 g/mol. The molecule has 29 heavy (non-hydrogen) atoms. The number of rotatable bonds is 5. The fourth-order valence-electron chi connectivity index (χ4n) is 3.02. The van der Waals surface area contributed by atoms with Crippen LogP contribution in [0.1, 0.15) is 5.56 Å². The minimum absolute atomic E-state index is 0.127. The van der Waals surface area contributed by atoms with Crippen LogP contribution in [0.3, 0.4) is 0 Å². The quantitative estimate of drug-likeness (QED) is 0.518. The molecule has 0 saturated carbocycles. The Labute approximate surface area is 165 Å². The number of anilines is 2. The molecule has 0 unspecified atom stereocenters. The summed E-state index contributed by atoms with van der Waals surface area (Å²) in [4.78, 5) is 8.14. The van der Waals surface area contributed by atoms with Crippen molar-refractivity contribution in [1.29, 1.82) is 0 Å². The molecule has 0 aliphatic rings. The predicted octanol–water partition coefficient (Wildman–Crippen LogP) is 4.46.